The maximum absolute atomic E-state index is 11.8. The number of ether oxygens (including phenoxy) is 3. The van der Waals surface area contributed by atoms with Crippen LogP contribution in [0.4, 0.5) is 0 Å². The van der Waals surface area contributed by atoms with Crippen molar-refractivity contribution in [3.63, 3.8) is 0 Å². The molecule has 0 saturated heterocycles. The molecule has 0 heterocycles. The molecule has 3 aromatic rings. The number of methoxy groups -OCH3 is 1. The van der Waals surface area contributed by atoms with E-state index in [1.54, 1.807) is 61.5 Å². The van der Waals surface area contributed by atoms with Gasteiger partial charge in [-0.15, -0.1) is 0 Å². The quantitative estimate of drug-likeness (QED) is 0.271. The summed E-state index contributed by atoms with van der Waals surface area (Å²) < 4.78 is 16.4. The van der Waals surface area contributed by atoms with E-state index >= 15 is 0 Å². The Bertz CT molecular complexity index is 1010. The number of halogens is 1. The molecule has 1 atom stereocenters. The summed E-state index contributed by atoms with van der Waals surface area (Å²) in [5, 5.41) is 4.61. The highest BCUT2D eigenvalue weighted by Gasteiger charge is 2.17. The Morgan fingerprint density at radius 2 is 1.67 bits per heavy atom. The first-order chi connectivity index (χ1) is 14.5. The van der Waals surface area contributed by atoms with Crippen molar-refractivity contribution in [2.45, 2.75) is 13.0 Å². The second-order valence-corrected chi connectivity index (χ2v) is 6.61. The average Bonchev–Trinajstić information content (AvgIpc) is 2.77. The molecule has 0 saturated carbocycles. The van der Waals surface area contributed by atoms with Crippen LogP contribution in [0.15, 0.2) is 78.0 Å². The molecular formula is C23H20ClNO5. The summed E-state index contributed by atoms with van der Waals surface area (Å²) in [5.74, 6) is 1.62. The van der Waals surface area contributed by atoms with Gasteiger partial charge < -0.3 is 19.0 Å². The van der Waals surface area contributed by atoms with Crippen LogP contribution in [-0.4, -0.2) is 25.4 Å². The molecule has 6 nitrogen and oxygen atoms in total. The monoisotopic (exact) mass is 425 g/mol. The highest BCUT2D eigenvalue weighted by molar-refractivity contribution is 6.30. The van der Waals surface area contributed by atoms with E-state index in [2.05, 4.69) is 5.16 Å². The number of hydrogen-bond acceptors (Lipinski definition) is 6. The molecule has 0 aliphatic rings. The Labute approximate surface area is 179 Å². The molecule has 0 aliphatic heterocycles. The van der Waals surface area contributed by atoms with Crippen molar-refractivity contribution in [2.75, 3.05) is 7.11 Å². The molecule has 0 fully saturated rings. The summed E-state index contributed by atoms with van der Waals surface area (Å²) in [5.41, 5.74) is 0.602. The van der Waals surface area contributed by atoms with Gasteiger partial charge in [0.05, 0.1) is 13.3 Å². The Balaban J connectivity index is 1.82. The predicted molar refractivity (Wildman–Crippen MR) is 115 cm³/mol. The van der Waals surface area contributed by atoms with Gasteiger partial charge >= 0.3 is 5.97 Å². The molecule has 7 heteroatoms. The Hall–Kier alpha value is -3.51. The molecule has 0 aliphatic carbocycles. The number of carbonyl (C=O) groups excluding carboxylic acids is 1. The van der Waals surface area contributed by atoms with E-state index in [1.807, 2.05) is 18.2 Å². The summed E-state index contributed by atoms with van der Waals surface area (Å²) in [4.78, 5) is 17.1. The van der Waals surface area contributed by atoms with Crippen LogP contribution in [0.3, 0.4) is 0 Å². The maximum atomic E-state index is 11.8. The van der Waals surface area contributed by atoms with E-state index < -0.39 is 12.1 Å². The molecule has 0 bridgehead atoms. The van der Waals surface area contributed by atoms with Gasteiger partial charge in [0.25, 0.3) is 0 Å². The van der Waals surface area contributed by atoms with Gasteiger partial charge in [0, 0.05) is 16.7 Å². The van der Waals surface area contributed by atoms with Crippen LogP contribution < -0.4 is 14.3 Å². The summed E-state index contributed by atoms with van der Waals surface area (Å²) in [6, 6.07) is 21.3. The van der Waals surface area contributed by atoms with Crippen LogP contribution in [-0.2, 0) is 9.53 Å². The topological polar surface area (TPSA) is 66.4 Å². The van der Waals surface area contributed by atoms with E-state index in [4.69, 9.17) is 30.6 Å². The third-order valence-electron chi connectivity index (χ3n) is 3.96. The molecule has 0 spiro atoms. The van der Waals surface area contributed by atoms with Crippen LogP contribution >= 0.6 is 11.6 Å². The van der Waals surface area contributed by atoms with Gasteiger partial charge in [-0.1, -0.05) is 35.0 Å². The Kier molecular flexibility index (Phi) is 7.29. The van der Waals surface area contributed by atoms with Gasteiger partial charge in [0.1, 0.15) is 17.2 Å². The highest BCUT2D eigenvalue weighted by Crippen LogP contribution is 2.29. The number of hydrogen-bond donors (Lipinski definition) is 0. The molecule has 0 N–H and O–H groups in total. The minimum atomic E-state index is -0.817. The Morgan fingerprint density at radius 1 is 0.967 bits per heavy atom. The second-order valence-electron chi connectivity index (χ2n) is 6.18. The van der Waals surface area contributed by atoms with Gasteiger partial charge in [-0.3, -0.25) is 0 Å². The first-order valence-electron chi connectivity index (χ1n) is 9.12. The normalized spacial score (nSPS) is 11.7. The fraction of sp³-hybridized carbons (Fsp3) is 0.130. The molecule has 3 aromatic carbocycles. The summed E-state index contributed by atoms with van der Waals surface area (Å²) in [6.45, 7) is 1.60. The zero-order valence-electron chi connectivity index (χ0n) is 16.4. The molecular weight excluding hydrogens is 406 g/mol. The lowest BCUT2D eigenvalue weighted by Crippen LogP contribution is -2.25. The van der Waals surface area contributed by atoms with Gasteiger partial charge in [-0.25, -0.2) is 4.79 Å². The molecule has 0 aromatic heterocycles. The Morgan fingerprint density at radius 3 is 2.37 bits per heavy atom. The van der Waals surface area contributed by atoms with Crippen LogP contribution in [0.25, 0.3) is 0 Å². The summed E-state index contributed by atoms with van der Waals surface area (Å²) in [6.07, 6.45) is 0.682. The highest BCUT2D eigenvalue weighted by atomic mass is 35.5. The molecule has 30 heavy (non-hydrogen) atoms. The lowest BCUT2D eigenvalue weighted by molar-refractivity contribution is -0.147. The van der Waals surface area contributed by atoms with Gasteiger partial charge in [0.2, 0.25) is 0 Å². The smallest absolute Gasteiger partial charge is 0.346 e. The second kappa shape index (κ2) is 10.3. The summed E-state index contributed by atoms with van der Waals surface area (Å²) in [7, 11) is 1.30. The molecule has 3 rings (SSSR count). The first-order valence-corrected chi connectivity index (χ1v) is 9.50. The number of oxime groups is 1. The lowest BCUT2D eigenvalue weighted by atomic mass is 10.2. The minimum Gasteiger partial charge on any atom is -0.478 e. The predicted octanol–water partition coefficient (Wildman–Crippen LogP) is 5.49. The van der Waals surface area contributed by atoms with Crippen LogP contribution in [0.5, 0.6) is 23.0 Å². The van der Waals surface area contributed by atoms with Crippen molar-refractivity contribution in [3.05, 3.63) is 83.4 Å². The van der Waals surface area contributed by atoms with Crippen molar-refractivity contribution in [2.24, 2.45) is 5.16 Å². The van der Waals surface area contributed by atoms with Crippen LogP contribution in [0.2, 0.25) is 5.02 Å². The number of carbonyl (C=O) groups is 1. The van der Waals surface area contributed by atoms with Crippen molar-refractivity contribution in [1.29, 1.82) is 0 Å². The van der Waals surface area contributed by atoms with Crippen molar-refractivity contribution in [1.82, 2.24) is 0 Å². The largest absolute Gasteiger partial charge is 0.478 e. The van der Waals surface area contributed by atoms with Gasteiger partial charge in [0.15, 0.2) is 11.9 Å². The van der Waals surface area contributed by atoms with E-state index in [-0.39, 0.29) is 0 Å². The number of benzene rings is 3. The third kappa shape index (κ3) is 5.99. The standard InChI is InChI=1S/C23H20ClNO5/c1-16(23(26)27-2)28-22-14-21(29-19-12-9-18(24)10-13-19)11-8-17(22)15-25-30-20-6-4-3-5-7-20/h3-16H,1-2H3. The van der Waals surface area contributed by atoms with Crippen molar-refractivity contribution in [3.8, 4) is 23.0 Å². The number of para-hydroxylation sites is 1. The van der Waals surface area contributed by atoms with Crippen molar-refractivity contribution >= 4 is 23.8 Å². The SMILES string of the molecule is COC(=O)C(C)Oc1cc(Oc2ccc(Cl)cc2)ccc1C=NOc1ccccc1. The van der Waals surface area contributed by atoms with Crippen LogP contribution in [0, 0.1) is 0 Å². The van der Waals surface area contributed by atoms with Gasteiger partial charge in [-0.05, 0) is 55.5 Å². The van der Waals surface area contributed by atoms with E-state index in [9.17, 15) is 4.79 Å². The fourth-order valence-corrected chi connectivity index (χ4v) is 2.58. The fourth-order valence-electron chi connectivity index (χ4n) is 2.46. The average molecular weight is 426 g/mol. The number of rotatable bonds is 8. The summed E-state index contributed by atoms with van der Waals surface area (Å²) >= 11 is 5.91. The maximum Gasteiger partial charge on any atom is 0.346 e. The minimum absolute atomic E-state index is 0.389. The molecule has 0 radical (unpaired) electrons. The lowest BCUT2D eigenvalue weighted by Gasteiger charge is -2.15. The van der Waals surface area contributed by atoms with E-state index in [0.29, 0.717) is 33.6 Å². The number of esters is 1. The van der Waals surface area contributed by atoms with Crippen molar-refractivity contribution < 1.29 is 23.8 Å². The zero-order valence-corrected chi connectivity index (χ0v) is 17.2. The zero-order chi connectivity index (χ0) is 21.3. The molecule has 154 valence electrons. The first kappa shape index (κ1) is 21.2. The number of nitrogens with zero attached hydrogens (tertiary/aromatic N) is 1. The van der Waals surface area contributed by atoms with Crippen LogP contribution in [0.1, 0.15) is 12.5 Å². The van der Waals surface area contributed by atoms with E-state index in [0.717, 1.165) is 0 Å². The third-order valence-corrected chi connectivity index (χ3v) is 4.22. The molecule has 1 unspecified atom stereocenters. The van der Waals surface area contributed by atoms with Gasteiger partial charge in [-0.2, -0.15) is 0 Å². The van der Waals surface area contributed by atoms with E-state index in [1.165, 1.54) is 13.3 Å². The molecule has 0 amide bonds.